The van der Waals surface area contributed by atoms with Gasteiger partial charge in [0.1, 0.15) is 11.8 Å². The number of carbonyl (C=O) groups is 2. The van der Waals surface area contributed by atoms with Crippen molar-refractivity contribution in [1.29, 1.82) is 0 Å². The van der Waals surface area contributed by atoms with E-state index in [-0.39, 0.29) is 31.0 Å². The summed E-state index contributed by atoms with van der Waals surface area (Å²) in [6.07, 6.45) is 0. The summed E-state index contributed by atoms with van der Waals surface area (Å²) in [6, 6.07) is 13.3. The van der Waals surface area contributed by atoms with Crippen molar-refractivity contribution in [3.63, 3.8) is 0 Å². The molecule has 5 nitrogen and oxygen atoms in total. The van der Waals surface area contributed by atoms with Gasteiger partial charge in [0.25, 0.3) is 5.91 Å². The van der Waals surface area contributed by atoms with E-state index in [0.29, 0.717) is 15.8 Å². The molecule has 2 amide bonds. The van der Waals surface area contributed by atoms with Crippen LogP contribution in [0, 0.1) is 0 Å². The standard InChI is InChI=1S/C21H24Cl2N2O3/c1-14(2)24-21(27)15(3)25(12-16-5-4-6-18(23)11-16)20(26)13-28-19-9-7-17(22)8-10-19/h4-11,14-15H,12-13H2,1-3H3,(H,24,27)/t15-/m1/s1. The Kier molecular flexibility index (Phi) is 8.15. The number of halogens is 2. The van der Waals surface area contributed by atoms with E-state index in [1.165, 1.54) is 4.90 Å². The second-order valence-corrected chi connectivity index (χ2v) is 7.61. The first-order valence-corrected chi connectivity index (χ1v) is 9.74. The van der Waals surface area contributed by atoms with Crippen LogP contribution in [0.4, 0.5) is 0 Å². The number of carbonyl (C=O) groups excluding carboxylic acids is 2. The van der Waals surface area contributed by atoms with Crippen LogP contribution in [0.5, 0.6) is 5.75 Å². The summed E-state index contributed by atoms with van der Waals surface area (Å²) in [4.78, 5) is 26.8. The number of nitrogens with one attached hydrogen (secondary N) is 1. The van der Waals surface area contributed by atoms with Gasteiger partial charge in [0.05, 0.1) is 0 Å². The first-order chi connectivity index (χ1) is 13.3. The average molecular weight is 423 g/mol. The fraction of sp³-hybridized carbons (Fsp3) is 0.333. The average Bonchev–Trinajstić information content (AvgIpc) is 2.64. The lowest BCUT2D eigenvalue weighted by Gasteiger charge is -2.29. The molecule has 7 heteroatoms. The summed E-state index contributed by atoms with van der Waals surface area (Å²) in [6.45, 7) is 5.49. The lowest BCUT2D eigenvalue weighted by Crippen LogP contribution is -2.50. The maximum atomic E-state index is 12.9. The molecule has 1 N–H and O–H groups in total. The van der Waals surface area contributed by atoms with E-state index in [0.717, 1.165) is 5.56 Å². The molecule has 150 valence electrons. The van der Waals surface area contributed by atoms with Crippen molar-refractivity contribution in [3.8, 4) is 5.75 Å². The van der Waals surface area contributed by atoms with E-state index in [1.54, 1.807) is 43.3 Å². The van der Waals surface area contributed by atoms with Gasteiger partial charge in [-0.15, -0.1) is 0 Å². The van der Waals surface area contributed by atoms with Crippen LogP contribution >= 0.6 is 23.2 Å². The summed E-state index contributed by atoms with van der Waals surface area (Å²) < 4.78 is 5.57. The van der Waals surface area contributed by atoms with Crippen LogP contribution in [0.2, 0.25) is 10.0 Å². The van der Waals surface area contributed by atoms with Crippen molar-refractivity contribution in [2.75, 3.05) is 6.61 Å². The van der Waals surface area contributed by atoms with E-state index >= 15 is 0 Å². The minimum absolute atomic E-state index is 0.0246. The highest BCUT2D eigenvalue weighted by Crippen LogP contribution is 2.17. The molecule has 0 aliphatic heterocycles. The maximum absolute atomic E-state index is 12.9. The minimum Gasteiger partial charge on any atom is -0.484 e. The molecule has 0 spiro atoms. The number of hydrogen-bond acceptors (Lipinski definition) is 3. The molecule has 0 aliphatic rings. The molecular formula is C21H24Cl2N2O3. The highest BCUT2D eigenvalue weighted by atomic mass is 35.5. The summed E-state index contributed by atoms with van der Waals surface area (Å²) in [5.74, 6) is -0.00190. The Morgan fingerprint density at radius 1 is 1.04 bits per heavy atom. The van der Waals surface area contributed by atoms with Gasteiger partial charge >= 0.3 is 0 Å². The minimum atomic E-state index is -0.664. The van der Waals surface area contributed by atoms with Crippen LogP contribution in [0.1, 0.15) is 26.3 Å². The largest absolute Gasteiger partial charge is 0.484 e. The third-order valence-electron chi connectivity index (χ3n) is 4.02. The molecule has 0 radical (unpaired) electrons. The fourth-order valence-corrected chi connectivity index (χ4v) is 2.92. The topological polar surface area (TPSA) is 58.6 Å². The van der Waals surface area contributed by atoms with Crippen molar-refractivity contribution >= 4 is 35.0 Å². The van der Waals surface area contributed by atoms with Crippen molar-refractivity contribution < 1.29 is 14.3 Å². The second-order valence-electron chi connectivity index (χ2n) is 6.73. The summed E-state index contributed by atoms with van der Waals surface area (Å²) in [5.41, 5.74) is 0.830. The predicted molar refractivity (Wildman–Crippen MR) is 112 cm³/mol. The number of rotatable bonds is 8. The highest BCUT2D eigenvalue weighted by molar-refractivity contribution is 6.30. The maximum Gasteiger partial charge on any atom is 0.261 e. The van der Waals surface area contributed by atoms with Gasteiger partial charge in [0, 0.05) is 22.6 Å². The van der Waals surface area contributed by atoms with Crippen molar-refractivity contribution in [2.24, 2.45) is 0 Å². The molecule has 0 bridgehead atoms. The molecule has 28 heavy (non-hydrogen) atoms. The van der Waals surface area contributed by atoms with Crippen molar-refractivity contribution in [1.82, 2.24) is 10.2 Å². The molecule has 0 aliphatic carbocycles. The molecular weight excluding hydrogens is 399 g/mol. The first-order valence-electron chi connectivity index (χ1n) is 8.99. The predicted octanol–water partition coefficient (Wildman–Crippen LogP) is 4.31. The third-order valence-corrected chi connectivity index (χ3v) is 4.50. The Labute approximate surface area is 175 Å². The van der Waals surface area contributed by atoms with Gasteiger partial charge < -0.3 is 15.0 Å². The molecule has 2 aromatic rings. The quantitative estimate of drug-likeness (QED) is 0.688. The molecule has 1 atom stereocenters. The summed E-state index contributed by atoms with van der Waals surface area (Å²) in [5, 5.41) is 4.00. The zero-order chi connectivity index (χ0) is 20.7. The molecule has 0 saturated carbocycles. The van der Waals surface area contributed by atoms with Gasteiger partial charge in [-0.2, -0.15) is 0 Å². The SMILES string of the molecule is CC(C)NC(=O)[C@@H](C)N(Cc1cccc(Cl)c1)C(=O)COc1ccc(Cl)cc1. The summed E-state index contributed by atoms with van der Waals surface area (Å²) in [7, 11) is 0. The Bertz CT molecular complexity index is 810. The van der Waals surface area contributed by atoms with Gasteiger partial charge in [0.2, 0.25) is 5.91 Å². The van der Waals surface area contributed by atoms with Crippen molar-refractivity contribution in [2.45, 2.75) is 39.4 Å². The number of amides is 2. The van der Waals surface area contributed by atoms with Crippen molar-refractivity contribution in [3.05, 3.63) is 64.1 Å². The first kappa shape index (κ1) is 22.1. The van der Waals surface area contributed by atoms with E-state index in [1.807, 2.05) is 26.0 Å². The van der Waals surface area contributed by atoms with Crippen LogP contribution in [-0.2, 0) is 16.1 Å². The summed E-state index contributed by atoms with van der Waals surface area (Å²) >= 11 is 11.9. The van der Waals surface area contributed by atoms with Crippen LogP contribution in [-0.4, -0.2) is 35.4 Å². The number of benzene rings is 2. The number of hydrogen-bond donors (Lipinski definition) is 1. The van der Waals surface area contributed by atoms with E-state index in [4.69, 9.17) is 27.9 Å². The third kappa shape index (κ3) is 6.73. The number of ether oxygens (including phenoxy) is 1. The Morgan fingerprint density at radius 2 is 1.71 bits per heavy atom. The fourth-order valence-electron chi connectivity index (χ4n) is 2.58. The molecule has 0 unspecified atom stereocenters. The molecule has 0 heterocycles. The van der Waals surface area contributed by atoms with Crippen LogP contribution in [0.15, 0.2) is 48.5 Å². The van der Waals surface area contributed by atoms with Gasteiger partial charge in [-0.1, -0.05) is 35.3 Å². The molecule has 2 rings (SSSR count). The zero-order valence-corrected chi connectivity index (χ0v) is 17.6. The van der Waals surface area contributed by atoms with E-state index < -0.39 is 6.04 Å². The normalized spacial score (nSPS) is 11.8. The molecule has 0 aromatic heterocycles. The van der Waals surface area contributed by atoms with Gasteiger partial charge in [-0.3, -0.25) is 9.59 Å². The molecule has 0 fully saturated rings. The van der Waals surface area contributed by atoms with Gasteiger partial charge in [-0.25, -0.2) is 0 Å². The Balaban J connectivity index is 2.14. The van der Waals surface area contributed by atoms with Crippen LogP contribution < -0.4 is 10.1 Å². The van der Waals surface area contributed by atoms with Gasteiger partial charge in [0.15, 0.2) is 6.61 Å². The van der Waals surface area contributed by atoms with E-state index in [2.05, 4.69) is 5.32 Å². The number of nitrogens with zero attached hydrogens (tertiary/aromatic N) is 1. The van der Waals surface area contributed by atoms with Gasteiger partial charge in [-0.05, 0) is 62.7 Å². The zero-order valence-electron chi connectivity index (χ0n) is 16.1. The van der Waals surface area contributed by atoms with Crippen LogP contribution in [0.3, 0.4) is 0 Å². The Hall–Kier alpha value is -2.24. The second kappa shape index (κ2) is 10.3. The van der Waals surface area contributed by atoms with E-state index in [9.17, 15) is 9.59 Å². The lowest BCUT2D eigenvalue weighted by atomic mass is 10.1. The highest BCUT2D eigenvalue weighted by Gasteiger charge is 2.26. The smallest absolute Gasteiger partial charge is 0.261 e. The lowest BCUT2D eigenvalue weighted by molar-refractivity contribution is -0.142. The molecule has 0 saturated heterocycles. The Morgan fingerprint density at radius 3 is 2.32 bits per heavy atom. The molecule has 2 aromatic carbocycles. The van der Waals surface area contributed by atoms with Crippen LogP contribution in [0.25, 0.3) is 0 Å². The monoisotopic (exact) mass is 422 g/mol.